The van der Waals surface area contributed by atoms with E-state index in [9.17, 15) is 85.7 Å². The maximum atomic E-state index is 14.6. The molecular formula is C102H118F6N24O12. The Morgan fingerprint density at radius 2 is 0.535 bits per heavy atom. The highest BCUT2D eigenvalue weighted by Crippen LogP contribution is 2.51. The summed E-state index contributed by atoms with van der Waals surface area (Å²) in [5.74, 6) is -7.27. The first-order valence-corrected chi connectivity index (χ1v) is 46.4. The molecule has 4 aliphatic carbocycles. The summed E-state index contributed by atoms with van der Waals surface area (Å²) in [6, 6.07) is 25.2. The Bertz CT molecular complexity index is 6760. The minimum Gasteiger partial charge on any atom is -0.390 e. The number of anilines is 6. The maximum absolute atomic E-state index is 14.6. The Morgan fingerprint density at radius 3 is 0.750 bits per heavy atom. The number of aromatic nitrogens is 12. The smallest absolute Gasteiger partial charge is 0.252 e. The molecule has 12 N–H and O–H groups in total. The van der Waals surface area contributed by atoms with Crippen LogP contribution in [-0.2, 0) is 39.8 Å². The summed E-state index contributed by atoms with van der Waals surface area (Å²) in [6.45, 7) is 73.3. The van der Waals surface area contributed by atoms with Crippen molar-refractivity contribution in [2.75, 3.05) is 31.9 Å². The van der Waals surface area contributed by atoms with Crippen LogP contribution in [0.15, 0.2) is 97.1 Å². The average molecular weight is 1990 g/mol. The summed E-state index contributed by atoms with van der Waals surface area (Å²) < 4.78 is 92.9. The number of nitrogens with one attached hydrogen (secondary N) is 6. The fraction of sp³-hybridized carbons (Fsp3) is 0.471. The van der Waals surface area contributed by atoms with Gasteiger partial charge in [-0.15, -0.1) is 0 Å². The lowest BCUT2D eigenvalue weighted by atomic mass is 9.88. The zero-order valence-corrected chi connectivity index (χ0v) is 83.3. The Kier molecular flexibility index (Phi) is 32.3. The van der Waals surface area contributed by atoms with Crippen LogP contribution in [0, 0.1) is 51.1 Å². The van der Waals surface area contributed by atoms with Gasteiger partial charge in [0.05, 0.1) is 178 Å². The molecule has 4 aliphatic rings. The minimum absolute atomic E-state index is 0.0202. The van der Waals surface area contributed by atoms with Gasteiger partial charge in [0.15, 0.2) is 34.4 Å². The molecule has 6 amide bonds. The number of aliphatic hydroxyl groups is 6. The maximum Gasteiger partial charge on any atom is 0.252 e. The van der Waals surface area contributed by atoms with E-state index in [4.69, 9.17) is 39.4 Å². The van der Waals surface area contributed by atoms with E-state index >= 15 is 0 Å². The molecule has 4 saturated carbocycles. The summed E-state index contributed by atoms with van der Waals surface area (Å²) in [6.07, 6.45) is 3.71. The SMILES string of the molecule is [C-]#[N+]c1ccc2nc(NC(=O)CC(C)(C)O)n(C(C)(C)C)c2c1.[C-]#[N+]c1ccc2nc(NC(=O)CC(C)(C)O)n(C(C)(C)C)c2c1.[C-]#[N+]c1ccc2nc(NC(=O)CC(C)(C)O)n(C3CC(F)(F)C3)c2c1.[C-]#[N+]c1ccc2nc(NC(=O)CC(C)(C)O)n(C3CC(F)(F)C3)c2c1.[C-]#[N+]c1ccc2nc(NC(=O)CC(C)(C)O)n(C3CCC3)c2c1F.[C-]#[N+]c1ccc2nc(NC(=O)CC(C)(C)O)n(C3CCC3)c2c1F. The van der Waals surface area contributed by atoms with Gasteiger partial charge in [-0.25, -0.2) is 85.3 Å². The van der Waals surface area contributed by atoms with Crippen molar-refractivity contribution in [1.29, 1.82) is 0 Å². The lowest BCUT2D eigenvalue weighted by molar-refractivity contribution is -0.121. The first-order valence-electron chi connectivity index (χ1n) is 46.4. The third-order valence-electron chi connectivity index (χ3n) is 23.1. The second kappa shape index (κ2) is 42.4. The van der Waals surface area contributed by atoms with Crippen LogP contribution in [-0.4, -0.2) is 169 Å². The fourth-order valence-electron chi connectivity index (χ4n) is 16.6. The van der Waals surface area contributed by atoms with Crippen molar-refractivity contribution in [2.24, 2.45) is 0 Å². The quantitative estimate of drug-likeness (QED) is 0.0221. The summed E-state index contributed by atoms with van der Waals surface area (Å²) >= 11 is 0. The van der Waals surface area contributed by atoms with Crippen LogP contribution >= 0.6 is 0 Å². The van der Waals surface area contributed by atoms with Gasteiger partial charge in [-0.3, -0.25) is 60.7 Å². The highest BCUT2D eigenvalue weighted by atomic mass is 19.3. The van der Waals surface area contributed by atoms with E-state index in [0.717, 1.165) is 49.6 Å². The molecule has 4 fully saturated rings. The second-order valence-corrected chi connectivity index (χ2v) is 42.2. The number of fused-ring (bicyclic) bond motifs is 6. The molecule has 0 unspecified atom stereocenters. The van der Waals surface area contributed by atoms with Gasteiger partial charge in [-0.05, 0) is 224 Å². The number of benzene rings is 6. The largest absolute Gasteiger partial charge is 0.390 e. The Labute approximate surface area is 827 Å². The van der Waals surface area contributed by atoms with Crippen molar-refractivity contribution in [1.82, 2.24) is 57.3 Å². The van der Waals surface area contributed by atoms with Crippen LogP contribution in [0.1, 0.15) is 252 Å². The molecule has 6 heterocycles. The van der Waals surface area contributed by atoms with Crippen LogP contribution in [0.2, 0.25) is 0 Å². The molecule has 6 aromatic carbocycles. The number of amides is 6. The molecule has 0 atom stereocenters. The fourth-order valence-corrected chi connectivity index (χ4v) is 16.6. The predicted molar refractivity (Wildman–Crippen MR) is 535 cm³/mol. The molecular weight excluding hydrogens is 1870 g/mol. The summed E-state index contributed by atoms with van der Waals surface area (Å²) in [5, 5.41) is 74.7. The topological polar surface area (TPSA) is 429 Å². The van der Waals surface area contributed by atoms with Crippen molar-refractivity contribution in [2.45, 2.75) is 308 Å². The first-order chi connectivity index (χ1) is 66.8. The van der Waals surface area contributed by atoms with Crippen LogP contribution in [0.4, 0.5) is 96.2 Å². The highest BCUT2D eigenvalue weighted by molar-refractivity contribution is 5.98. The van der Waals surface area contributed by atoms with E-state index in [0.29, 0.717) is 78.8 Å². The van der Waals surface area contributed by atoms with Gasteiger partial charge in [0.2, 0.25) is 82.5 Å². The number of imidazole rings is 6. The van der Waals surface area contributed by atoms with Gasteiger partial charge in [-0.1, -0.05) is 36.4 Å². The van der Waals surface area contributed by atoms with Gasteiger partial charge < -0.3 is 58.0 Å². The Balaban J connectivity index is 0.000000165. The second-order valence-electron chi connectivity index (χ2n) is 42.2. The number of carbonyl (C=O) groups excluding carboxylic acids is 6. The van der Waals surface area contributed by atoms with E-state index in [1.165, 1.54) is 39.8 Å². The number of hydrogen-bond acceptors (Lipinski definition) is 18. The number of rotatable bonds is 22. The predicted octanol–water partition coefficient (Wildman–Crippen LogP) is 21.3. The molecule has 0 saturated heterocycles. The molecule has 0 aliphatic heterocycles. The van der Waals surface area contributed by atoms with Crippen molar-refractivity contribution >= 4 is 171 Å². The lowest BCUT2D eigenvalue weighted by Gasteiger charge is -2.36. The van der Waals surface area contributed by atoms with Gasteiger partial charge in [-0.2, -0.15) is 0 Å². The number of carbonyl (C=O) groups is 6. The first kappa shape index (κ1) is 110. The molecule has 0 bridgehead atoms. The molecule has 0 radical (unpaired) electrons. The molecule has 760 valence electrons. The molecule has 16 rings (SSSR count). The van der Waals surface area contributed by atoms with Crippen molar-refractivity contribution < 1.29 is 85.7 Å². The van der Waals surface area contributed by atoms with Gasteiger partial charge >= 0.3 is 0 Å². The minimum atomic E-state index is -2.73. The van der Waals surface area contributed by atoms with Gasteiger partial charge in [0.25, 0.3) is 11.8 Å². The molecule has 144 heavy (non-hydrogen) atoms. The number of halogens is 6. The summed E-state index contributed by atoms with van der Waals surface area (Å²) in [5.41, 5.74) is 0.637. The van der Waals surface area contributed by atoms with Crippen LogP contribution < -0.4 is 31.9 Å². The number of alkyl halides is 4. The zero-order chi connectivity index (χ0) is 107. The average Bonchev–Trinajstić information content (AvgIpc) is 1.26. The highest BCUT2D eigenvalue weighted by Gasteiger charge is 2.49. The monoisotopic (exact) mass is 1980 g/mol. The summed E-state index contributed by atoms with van der Waals surface area (Å²) in [7, 11) is 0. The third-order valence-corrected chi connectivity index (χ3v) is 23.1. The van der Waals surface area contributed by atoms with E-state index in [1.54, 1.807) is 159 Å². The summed E-state index contributed by atoms with van der Waals surface area (Å²) in [4.78, 5) is 119. The normalized spacial score (nSPS) is 14.9. The van der Waals surface area contributed by atoms with Gasteiger partial charge in [0.1, 0.15) is 0 Å². The molecule has 36 nitrogen and oxygen atoms in total. The van der Waals surface area contributed by atoms with E-state index < -0.39 is 81.0 Å². The van der Waals surface area contributed by atoms with Gasteiger partial charge in [0, 0.05) is 60.9 Å². The molecule has 12 aromatic rings. The van der Waals surface area contributed by atoms with Crippen LogP contribution in [0.5, 0.6) is 0 Å². The third kappa shape index (κ3) is 28.0. The van der Waals surface area contributed by atoms with E-state index in [-0.39, 0.29) is 157 Å². The molecule has 42 heteroatoms. The number of hydrogen-bond donors (Lipinski definition) is 12. The Morgan fingerprint density at radius 1 is 0.319 bits per heavy atom. The molecule has 6 aromatic heterocycles. The van der Waals surface area contributed by atoms with E-state index in [2.05, 4.69) is 90.9 Å². The Hall–Kier alpha value is -14.8. The van der Waals surface area contributed by atoms with Crippen molar-refractivity contribution in [3.05, 3.63) is 177 Å². The lowest BCUT2D eigenvalue weighted by Crippen LogP contribution is -2.38. The van der Waals surface area contributed by atoms with E-state index in [1.807, 2.05) is 50.7 Å². The standard InChI is InChI=1S/2C17H18F2N4O2.2C17H19FN4O2.2C17H22N4O2/c2*1-16(2,25)9-14(24)22-15-21-12-5-4-10(20-3)6-13(12)23(15)11-7-17(18,19)8-11;2*1-17(2,24)9-13(23)21-16-20-12-8-7-11(19-3)14(18)15(12)22(16)10-5-4-6-10;2*1-16(2,3)21-13-9-11(18-6)7-8-12(13)19-15(21)20-14(22)10-17(4,5)23/h2*4-6,11,25H,7-9H2,1-2H3,(H,21,22,24);2*7-8,10,24H,4-6,9H2,1-2H3,(H,20,21,23);2*7-9,23H,10H2,1-5H3,(H,19,20,22). The van der Waals surface area contributed by atoms with Crippen LogP contribution in [0.25, 0.3) is 95.3 Å². The zero-order valence-electron chi connectivity index (χ0n) is 83.3. The number of nitrogens with zero attached hydrogens (tertiary/aromatic N) is 18. The van der Waals surface area contributed by atoms with Crippen molar-refractivity contribution in [3.63, 3.8) is 0 Å². The molecule has 0 spiro atoms. The van der Waals surface area contributed by atoms with Crippen molar-refractivity contribution in [3.8, 4) is 0 Å². The van der Waals surface area contributed by atoms with Crippen LogP contribution in [0.3, 0.4) is 0 Å².